The van der Waals surface area contributed by atoms with Crippen LogP contribution >= 0.6 is 23.4 Å². The summed E-state index contributed by atoms with van der Waals surface area (Å²) in [6, 6.07) is 7.23. The Kier molecular flexibility index (Phi) is 7.58. The topological polar surface area (TPSA) is 41.6 Å². The third kappa shape index (κ3) is 5.24. The van der Waals surface area contributed by atoms with Crippen LogP contribution in [0.4, 0.5) is 13.2 Å². The minimum absolute atomic E-state index is 0.0220. The van der Waals surface area contributed by atoms with Gasteiger partial charge in [-0.05, 0) is 36.6 Å². The molecule has 164 valence electrons. The molecule has 3 nitrogen and oxygen atoms in total. The van der Waals surface area contributed by atoms with Crippen LogP contribution in [0.15, 0.2) is 45.4 Å². The van der Waals surface area contributed by atoms with Gasteiger partial charge in [-0.2, -0.15) is 13.2 Å². The Morgan fingerprint density at radius 3 is 2.80 bits per heavy atom. The molecule has 30 heavy (non-hydrogen) atoms. The second-order valence-corrected chi connectivity index (χ2v) is 9.81. The number of aliphatic imine (C=N–C) groups is 1. The van der Waals surface area contributed by atoms with Gasteiger partial charge in [0.05, 0.1) is 4.71 Å². The Balaban J connectivity index is 2.09. The fourth-order valence-corrected chi connectivity index (χ4v) is 5.67. The number of benzene rings is 1. The Morgan fingerprint density at radius 1 is 1.37 bits per heavy atom. The molecule has 2 aliphatic rings. The molecule has 0 amide bonds. The molecule has 2 N–H and O–H groups in total. The normalized spacial score (nSPS) is 23.8. The van der Waals surface area contributed by atoms with E-state index < -0.39 is 11.9 Å². The summed E-state index contributed by atoms with van der Waals surface area (Å²) in [4.78, 5) is 7.66. The lowest BCUT2D eigenvalue weighted by Gasteiger charge is -2.33. The lowest BCUT2D eigenvalue weighted by Crippen LogP contribution is -2.32. The van der Waals surface area contributed by atoms with Gasteiger partial charge in [0.15, 0.2) is 0 Å². The van der Waals surface area contributed by atoms with E-state index in [0.29, 0.717) is 12.1 Å². The van der Waals surface area contributed by atoms with Crippen molar-refractivity contribution in [2.75, 3.05) is 26.7 Å². The van der Waals surface area contributed by atoms with E-state index in [1.54, 1.807) is 23.9 Å². The average Bonchev–Trinajstić information content (AvgIpc) is 3.06. The molecule has 8 heteroatoms. The van der Waals surface area contributed by atoms with Crippen LogP contribution in [0.25, 0.3) is 5.57 Å². The van der Waals surface area contributed by atoms with Crippen LogP contribution in [0.1, 0.15) is 43.2 Å². The van der Waals surface area contributed by atoms with Crippen molar-refractivity contribution in [2.45, 2.75) is 43.0 Å². The van der Waals surface area contributed by atoms with E-state index in [0.717, 1.165) is 37.9 Å². The molecule has 0 spiro atoms. The molecule has 2 unspecified atom stereocenters. The van der Waals surface area contributed by atoms with Gasteiger partial charge in [0.1, 0.15) is 5.70 Å². The van der Waals surface area contributed by atoms with Gasteiger partial charge in [-0.25, -0.2) is 0 Å². The summed E-state index contributed by atoms with van der Waals surface area (Å²) in [7, 11) is 2.02. The molecule has 0 bridgehead atoms. The maximum atomic E-state index is 13.6. The van der Waals surface area contributed by atoms with Crippen molar-refractivity contribution in [1.82, 2.24) is 4.90 Å². The van der Waals surface area contributed by atoms with Gasteiger partial charge in [0.25, 0.3) is 0 Å². The lowest BCUT2D eigenvalue weighted by atomic mass is 9.82. The second-order valence-electron chi connectivity index (χ2n) is 7.73. The smallest absolute Gasteiger partial charge is 0.394 e. The molecule has 1 aromatic rings. The quantitative estimate of drug-likeness (QED) is 0.334. The molecule has 0 aromatic heterocycles. The summed E-state index contributed by atoms with van der Waals surface area (Å²) < 4.78 is 40.7. The molecule has 0 saturated carbocycles. The number of likely N-dealkylation sites (N-methyl/N-ethyl adjacent to an activating group) is 1. The highest BCUT2D eigenvalue weighted by atomic mass is 35.5. The maximum absolute atomic E-state index is 13.6. The maximum Gasteiger partial charge on any atom is 0.431 e. The molecule has 0 radical (unpaired) electrons. The van der Waals surface area contributed by atoms with Crippen molar-refractivity contribution in [1.29, 1.82) is 0 Å². The number of halogens is 4. The number of alkyl halides is 4. The Labute approximate surface area is 185 Å². The number of nitrogens with zero attached hydrogens (tertiary/aromatic N) is 2. The highest BCUT2D eigenvalue weighted by molar-refractivity contribution is 8.05. The number of nitrogens with two attached hydrogens (primary N) is 1. The number of thioether (sulfide) groups is 1. The molecular formula is C22H27ClF3N3S. The van der Waals surface area contributed by atoms with Crippen molar-refractivity contribution in [2.24, 2.45) is 10.7 Å². The molecule has 2 heterocycles. The van der Waals surface area contributed by atoms with Crippen LogP contribution in [-0.2, 0) is 0 Å². The summed E-state index contributed by atoms with van der Waals surface area (Å²) in [5.74, 6) is -0.0220. The number of hydrogen-bond acceptors (Lipinski definition) is 4. The summed E-state index contributed by atoms with van der Waals surface area (Å²) in [5.41, 5.74) is 7.01. The van der Waals surface area contributed by atoms with Crippen LogP contribution in [0.2, 0.25) is 0 Å². The van der Waals surface area contributed by atoms with Gasteiger partial charge in [-0.1, -0.05) is 37.6 Å². The predicted molar refractivity (Wildman–Crippen MR) is 121 cm³/mol. The minimum Gasteiger partial charge on any atom is -0.394 e. The van der Waals surface area contributed by atoms with E-state index in [9.17, 15) is 13.2 Å². The van der Waals surface area contributed by atoms with Crippen LogP contribution in [0.5, 0.6) is 0 Å². The van der Waals surface area contributed by atoms with Gasteiger partial charge in [0.2, 0.25) is 0 Å². The van der Waals surface area contributed by atoms with E-state index in [-0.39, 0.29) is 16.2 Å². The largest absolute Gasteiger partial charge is 0.431 e. The second kappa shape index (κ2) is 9.79. The van der Waals surface area contributed by atoms with Crippen molar-refractivity contribution in [3.63, 3.8) is 0 Å². The standard InChI is InChI=1S/C22H27ClF3N3S/c1-3-4-9-28-11-17(21(27)22(24,25)26)14-7-5-6-8-15(14)18-12-29(2)13-19-16(18)10-20(23)30-19/h5-8,11,18,20H,3-4,9-10,12-13,27H2,1-2H3/b21-17+,28-11?. The first kappa shape index (κ1) is 23.2. The van der Waals surface area contributed by atoms with Gasteiger partial charge in [0, 0.05) is 42.2 Å². The Bertz CT molecular complexity index is 863. The first-order valence-electron chi connectivity index (χ1n) is 10.1. The van der Waals surface area contributed by atoms with Gasteiger partial charge >= 0.3 is 6.18 Å². The number of hydrogen-bond donors (Lipinski definition) is 1. The first-order chi connectivity index (χ1) is 14.2. The van der Waals surface area contributed by atoms with Gasteiger partial charge in [-0.3, -0.25) is 4.99 Å². The highest BCUT2D eigenvalue weighted by Gasteiger charge is 2.38. The molecule has 2 aliphatic heterocycles. The highest BCUT2D eigenvalue weighted by Crippen LogP contribution is 2.49. The van der Waals surface area contributed by atoms with Gasteiger partial charge < -0.3 is 10.6 Å². The molecule has 1 aromatic carbocycles. The van der Waals surface area contributed by atoms with Crippen molar-refractivity contribution < 1.29 is 13.2 Å². The van der Waals surface area contributed by atoms with Crippen LogP contribution in [0.3, 0.4) is 0 Å². The first-order valence-corrected chi connectivity index (χ1v) is 11.4. The zero-order valence-corrected chi connectivity index (χ0v) is 18.7. The van der Waals surface area contributed by atoms with Crippen LogP contribution in [0, 0.1) is 0 Å². The van der Waals surface area contributed by atoms with Crippen molar-refractivity contribution in [3.8, 4) is 0 Å². The molecule has 0 aliphatic carbocycles. The number of allylic oxidation sites excluding steroid dienone is 2. The number of unbranched alkanes of at least 4 members (excludes halogenated alkanes) is 1. The number of rotatable bonds is 6. The zero-order chi connectivity index (χ0) is 21.9. The lowest BCUT2D eigenvalue weighted by molar-refractivity contribution is -0.0918. The Hall–Kier alpha value is -1.44. The summed E-state index contributed by atoms with van der Waals surface area (Å²) in [6.07, 6.45) is -0.850. The fraction of sp³-hybridized carbons (Fsp3) is 0.500. The van der Waals surface area contributed by atoms with E-state index in [4.69, 9.17) is 17.3 Å². The van der Waals surface area contributed by atoms with Gasteiger partial charge in [-0.15, -0.1) is 23.4 Å². The van der Waals surface area contributed by atoms with E-state index in [1.807, 2.05) is 26.1 Å². The summed E-state index contributed by atoms with van der Waals surface area (Å²) in [5, 5.41) is 0. The zero-order valence-electron chi connectivity index (χ0n) is 17.2. The minimum atomic E-state index is -4.63. The average molecular weight is 458 g/mol. The van der Waals surface area contributed by atoms with Crippen molar-refractivity contribution in [3.05, 3.63) is 51.6 Å². The molecule has 3 rings (SSSR count). The molecule has 0 saturated heterocycles. The fourth-order valence-electron chi connectivity index (χ4n) is 3.94. The van der Waals surface area contributed by atoms with Crippen LogP contribution in [-0.4, -0.2) is 48.7 Å². The molecular weight excluding hydrogens is 431 g/mol. The Morgan fingerprint density at radius 2 is 2.10 bits per heavy atom. The summed E-state index contributed by atoms with van der Waals surface area (Å²) >= 11 is 8.06. The molecule has 2 atom stereocenters. The third-order valence-electron chi connectivity index (χ3n) is 5.42. The monoisotopic (exact) mass is 457 g/mol. The van der Waals surface area contributed by atoms with E-state index in [2.05, 4.69) is 9.89 Å². The van der Waals surface area contributed by atoms with Crippen LogP contribution < -0.4 is 5.73 Å². The van der Waals surface area contributed by atoms with E-state index in [1.165, 1.54) is 16.7 Å². The predicted octanol–water partition coefficient (Wildman–Crippen LogP) is 5.77. The SMILES string of the molecule is CCCCN=C/C(=C(\N)C(F)(F)F)c1ccccc1C1CN(C)CC2=C1CC(Cl)S2. The summed E-state index contributed by atoms with van der Waals surface area (Å²) in [6.45, 7) is 4.04. The third-order valence-corrected chi connectivity index (χ3v) is 6.94. The van der Waals surface area contributed by atoms with Crippen molar-refractivity contribution >= 4 is 35.2 Å². The van der Waals surface area contributed by atoms with E-state index >= 15 is 0 Å². The molecule has 0 fully saturated rings.